The van der Waals surface area contributed by atoms with Crippen LogP contribution in [-0.2, 0) is 0 Å². The Hall–Kier alpha value is -6.40. The van der Waals surface area contributed by atoms with E-state index < -0.39 is 0 Å². The number of benzene rings is 4. The average molecular weight is 589 g/mol. The molecule has 5 aromatic heterocycles. The van der Waals surface area contributed by atoms with Crippen molar-refractivity contribution in [2.24, 2.45) is 0 Å². The first-order valence-corrected chi connectivity index (χ1v) is 15.1. The van der Waals surface area contributed by atoms with E-state index in [0.717, 1.165) is 88.9 Å². The number of para-hydroxylation sites is 4. The van der Waals surface area contributed by atoms with Gasteiger partial charge in [0, 0.05) is 32.7 Å². The average Bonchev–Trinajstić information content (AvgIpc) is 3.13. The molecule has 5 heterocycles. The van der Waals surface area contributed by atoms with E-state index in [1.807, 2.05) is 115 Å². The second kappa shape index (κ2) is 10.6. The fourth-order valence-electron chi connectivity index (χ4n) is 6.30. The fourth-order valence-corrected chi connectivity index (χ4v) is 6.30. The lowest BCUT2D eigenvalue weighted by atomic mass is 9.99. The van der Waals surface area contributed by atoms with Gasteiger partial charge in [0.2, 0.25) is 0 Å². The van der Waals surface area contributed by atoms with Crippen molar-refractivity contribution in [1.29, 1.82) is 0 Å². The standard InChI is InChI=1S/C40H24N6/c1-5-15-29-25(11-1)39(26-12-2-6-16-30(26)43-29)35-21-9-19-33(45-35)37-23-38(42-24-41-37)34-20-10-22-36(46-34)40-27-13-3-7-17-31(27)44-32-18-8-4-14-28(32)40/h1-24H. The van der Waals surface area contributed by atoms with Crippen LogP contribution in [0.3, 0.4) is 0 Å². The summed E-state index contributed by atoms with van der Waals surface area (Å²) in [4.78, 5) is 29.3. The monoisotopic (exact) mass is 588 g/mol. The maximum Gasteiger partial charge on any atom is 0.116 e. The summed E-state index contributed by atoms with van der Waals surface area (Å²) in [6.07, 6.45) is 1.59. The Morgan fingerprint density at radius 2 is 0.630 bits per heavy atom. The maximum absolute atomic E-state index is 5.14. The molecule has 0 fully saturated rings. The van der Waals surface area contributed by atoms with E-state index in [9.17, 15) is 0 Å². The highest BCUT2D eigenvalue weighted by Crippen LogP contribution is 2.36. The molecule has 0 spiro atoms. The van der Waals surface area contributed by atoms with Crippen molar-refractivity contribution in [3.63, 3.8) is 0 Å². The third-order valence-electron chi connectivity index (χ3n) is 8.38. The highest BCUT2D eigenvalue weighted by molar-refractivity contribution is 6.10. The van der Waals surface area contributed by atoms with Crippen LogP contribution in [0.15, 0.2) is 146 Å². The number of hydrogen-bond acceptors (Lipinski definition) is 6. The summed E-state index contributed by atoms with van der Waals surface area (Å²) >= 11 is 0. The zero-order valence-corrected chi connectivity index (χ0v) is 24.5. The summed E-state index contributed by atoms with van der Waals surface area (Å²) in [5, 5.41) is 4.25. The van der Waals surface area contributed by atoms with Crippen LogP contribution >= 0.6 is 0 Å². The summed E-state index contributed by atoms with van der Waals surface area (Å²) in [5.74, 6) is 0. The number of pyridine rings is 4. The molecule has 0 amide bonds. The van der Waals surface area contributed by atoms with Gasteiger partial charge in [-0.25, -0.2) is 29.9 Å². The van der Waals surface area contributed by atoms with Crippen LogP contribution in [-0.4, -0.2) is 29.9 Å². The lowest BCUT2D eigenvalue weighted by molar-refractivity contribution is 1.14. The SMILES string of the molecule is c1cc(-c2cc(-c3cccc(-c4c5ccccc5nc5ccccc45)n3)ncn2)nc(-c2c3ccccc3nc3ccccc23)c1. The Morgan fingerprint density at radius 1 is 0.283 bits per heavy atom. The van der Waals surface area contributed by atoms with Crippen LogP contribution in [0.1, 0.15) is 0 Å². The van der Waals surface area contributed by atoms with Gasteiger partial charge < -0.3 is 0 Å². The minimum atomic E-state index is 0.724. The molecule has 4 aromatic carbocycles. The molecule has 0 N–H and O–H groups in total. The number of rotatable bonds is 4. The molecular formula is C40H24N6. The molecule has 0 radical (unpaired) electrons. The molecule has 6 heteroatoms. The molecule has 0 aliphatic heterocycles. The maximum atomic E-state index is 5.14. The molecule has 0 saturated heterocycles. The van der Waals surface area contributed by atoms with Crippen LogP contribution in [0.25, 0.3) is 88.9 Å². The van der Waals surface area contributed by atoms with E-state index in [-0.39, 0.29) is 0 Å². The Labute approximate surface area is 264 Å². The van der Waals surface area contributed by atoms with Crippen LogP contribution in [0, 0.1) is 0 Å². The van der Waals surface area contributed by atoms with Crippen LogP contribution in [0.4, 0.5) is 0 Å². The molecule has 0 atom stereocenters. The quantitative estimate of drug-likeness (QED) is 0.191. The van der Waals surface area contributed by atoms with Crippen molar-refractivity contribution in [2.45, 2.75) is 0 Å². The van der Waals surface area contributed by atoms with Crippen molar-refractivity contribution in [3.8, 4) is 45.3 Å². The lowest BCUT2D eigenvalue weighted by Gasteiger charge is -2.12. The van der Waals surface area contributed by atoms with Gasteiger partial charge in [0.05, 0.1) is 56.2 Å². The van der Waals surface area contributed by atoms with Gasteiger partial charge in [-0.2, -0.15) is 0 Å². The van der Waals surface area contributed by atoms with Crippen molar-refractivity contribution < 1.29 is 0 Å². The van der Waals surface area contributed by atoms with E-state index in [2.05, 4.69) is 34.2 Å². The van der Waals surface area contributed by atoms with Gasteiger partial charge in [-0.3, -0.25) is 0 Å². The zero-order valence-electron chi connectivity index (χ0n) is 24.5. The second-order valence-corrected chi connectivity index (χ2v) is 11.1. The minimum Gasteiger partial charge on any atom is -0.248 e. The Kier molecular flexibility index (Phi) is 6.03. The molecule has 0 unspecified atom stereocenters. The van der Waals surface area contributed by atoms with Crippen LogP contribution in [0.2, 0.25) is 0 Å². The molecule has 0 saturated carbocycles. The zero-order chi connectivity index (χ0) is 30.5. The summed E-state index contributed by atoms with van der Waals surface area (Å²) in [5.41, 5.74) is 10.6. The first-order valence-electron chi connectivity index (χ1n) is 15.1. The Bertz CT molecular complexity index is 2330. The third kappa shape index (κ3) is 4.35. The molecule has 9 rings (SSSR count). The van der Waals surface area contributed by atoms with E-state index in [0.29, 0.717) is 0 Å². The molecule has 6 nitrogen and oxygen atoms in total. The van der Waals surface area contributed by atoms with Crippen molar-refractivity contribution in [2.75, 3.05) is 0 Å². The second-order valence-electron chi connectivity index (χ2n) is 11.1. The fraction of sp³-hybridized carbons (Fsp3) is 0. The van der Waals surface area contributed by atoms with Crippen molar-refractivity contribution >= 4 is 43.6 Å². The highest BCUT2D eigenvalue weighted by Gasteiger charge is 2.16. The molecule has 0 aliphatic carbocycles. The summed E-state index contributed by atoms with van der Waals surface area (Å²) in [6.45, 7) is 0. The van der Waals surface area contributed by atoms with Crippen molar-refractivity contribution in [1.82, 2.24) is 29.9 Å². The Morgan fingerprint density at radius 3 is 1.02 bits per heavy atom. The van der Waals surface area contributed by atoms with Crippen LogP contribution in [0.5, 0.6) is 0 Å². The molecule has 9 aromatic rings. The van der Waals surface area contributed by atoms with Gasteiger partial charge in [-0.15, -0.1) is 0 Å². The number of fused-ring (bicyclic) bond motifs is 4. The van der Waals surface area contributed by atoms with Gasteiger partial charge in [-0.05, 0) is 54.6 Å². The van der Waals surface area contributed by atoms with E-state index in [1.165, 1.54) is 0 Å². The van der Waals surface area contributed by atoms with Gasteiger partial charge in [0.25, 0.3) is 0 Å². The summed E-state index contributed by atoms with van der Waals surface area (Å²) < 4.78 is 0. The predicted octanol–water partition coefficient (Wildman–Crippen LogP) is 9.34. The predicted molar refractivity (Wildman–Crippen MR) is 185 cm³/mol. The molecule has 0 bridgehead atoms. The Balaban J connectivity index is 1.16. The van der Waals surface area contributed by atoms with Gasteiger partial charge in [-0.1, -0.05) is 84.9 Å². The molecule has 46 heavy (non-hydrogen) atoms. The number of hydrogen-bond donors (Lipinski definition) is 0. The van der Waals surface area contributed by atoms with Crippen molar-refractivity contribution in [3.05, 3.63) is 146 Å². The topological polar surface area (TPSA) is 77.3 Å². The summed E-state index contributed by atoms with van der Waals surface area (Å²) in [6, 6.07) is 46.9. The van der Waals surface area contributed by atoms with Gasteiger partial charge in [0.15, 0.2) is 0 Å². The third-order valence-corrected chi connectivity index (χ3v) is 8.38. The number of nitrogens with zero attached hydrogens (tertiary/aromatic N) is 6. The highest BCUT2D eigenvalue weighted by atomic mass is 14.9. The largest absolute Gasteiger partial charge is 0.248 e. The molecular weight excluding hydrogens is 564 g/mol. The van der Waals surface area contributed by atoms with E-state index >= 15 is 0 Å². The normalized spacial score (nSPS) is 11.5. The first kappa shape index (κ1) is 26.0. The number of aromatic nitrogens is 6. The molecule has 0 aliphatic rings. The molecule has 214 valence electrons. The summed E-state index contributed by atoms with van der Waals surface area (Å²) in [7, 11) is 0. The van der Waals surface area contributed by atoms with Gasteiger partial charge >= 0.3 is 0 Å². The van der Waals surface area contributed by atoms with E-state index in [4.69, 9.17) is 19.9 Å². The van der Waals surface area contributed by atoms with E-state index in [1.54, 1.807) is 6.33 Å². The lowest BCUT2D eigenvalue weighted by Crippen LogP contribution is -1.96. The minimum absolute atomic E-state index is 0.724. The van der Waals surface area contributed by atoms with Crippen LogP contribution < -0.4 is 0 Å². The smallest absolute Gasteiger partial charge is 0.116 e. The first-order chi connectivity index (χ1) is 22.8. The van der Waals surface area contributed by atoms with Gasteiger partial charge in [0.1, 0.15) is 6.33 Å².